The quantitative estimate of drug-likeness (QED) is 0.758. The number of carbonyl (C=O) groups excluding carboxylic acids is 1. The van der Waals surface area contributed by atoms with Gasteiger partial charge in [0.1, 0.15) is 17.6 Å². The molecular formula is C20H25ClN2O4. The molecule has 1 atom stereocenters. The van der Waals surface area contributed by atoms with E-state index < -0.39 is 6.10 Å². The van der Waals surface area contributed by atoms with Gasteiger partial charge in [-0.2, -0.15) is 0 Å². The van der Waals surface area contributed by atoms with Crippen molar-refractivity contribution in [1.29, 1.82) is 0 Å². The lowest BCUT2D eigenvalue weighted by molar-refractivity contribution is -0.128. The molecule has 1 saturated heterocycles. The number of amides is 1. The zero-order valence-electron chi connectivity index (χ0n) is 15.3. The Balaban J connectivity index is 0.00000261. The van der Waals surface area contributed by atoms with Gasteiger partial charge in [0.25, 0.3) is 5.91 Å². The average molecular weight is 393 g/mol. The molecule has 0 saturated carbocycles. The summed E-state index contributed by atoms with van der Waals surface area (Å²) in [5, 5.41) is 6.00. The summed E-state index contributed by atoms with van der Waals surface area (Å²) in [5.74, 6) is 1.34. The number of halogens is 1. The first-order valence-electron chi connectivity index (χ1n) is 8.73. The molecule has 1 unspecified atom stereocenters. The number of ether oxygens (including phenoxy) is 3. The van der Waals surface area contributed by atoms with Gasteiger partial charge in [0.2, 0.25) is 0 Å². The molecule has 1 aliphatic rings. The molecule has 2 N–H and O–H groups in total. The second kappa shape index (κ2) is 10.9. The van der Waals surface area contributed by atoms with Crippen LogP contribution in [-0.2, 0) is 20.7 Å². The van der Waals surface area contributed by atoms with Crippen LogP contribution in [0.2, 0.25) is 0 Å². The predicted molar refractivity (Wildman–Crippen MR) is 107 cm³/mol. The highest BCUT2D eigenvalue weighted by Gasteiger charge is 2.21. The van der Waals surface area contributed by atoms with Crippen LogP contribution in [0.3, 0.4) is 0 Å². The van der Waals surface area contributed by atoms with Crippen LogP contribution in [0.5, 0.6) is 11.5 Å². The second-order valence-electron chi connectivity index (χ2n) is 6.07. The molecule has 3 rings (SSSR count). The Morgan fingerprint density at radius 3 is 2.41 bits per heavy atom. The summed E-state index contributed by atoms with van der Waals surface area (Å²) in [4.78, 5) is 12.1. The van der Waals surface area contributed by atoms with Crippen molar-refractivity contribution in [2.24, 2.45) is 0 Å². The second-order valence-corrected chi connectivity index (χ2v) is 6.07. The lowest BCUT2D eigenvalue weighted by Gasteiger charge is -2.22. The van der Waals surface area contributed by atoms with E-state index in [1.54, 1.807) is 7.11 Å². The van der Waals surface area contributed by atoms with Gasteiger partial charge in [-0.1, -0.05) is 12.1 Å². The summed E-state index contributed by atoms with van der Waals surface area (Å²) in [7, 11) is 1.70. The Bertz CT molecular complexity index is 701. The van der Waals surface area contributed by atoms with E-state index in [4.69, 9.17) is 14.2 Å². The van der Waals surface area contributed by atoms with Crippen LogP contribution >= 0.6 is 12.4 Å². The molecule has 0 bridgehead atoms. The number of anilines is 1. The first-order chi connectivity index (χ1) is 12.7. The van der Waals surface area contributed by atoms with Crippen LogP contribution in [0.4, 0.5) is 5.69 Å². The molecule has 1 fully saturated rings. The Kier molecular flexibility index (Phi) is 8.54. The zero-order valence-corrected chi connectivity index (χ0v) is 16.1. The summed E-state index contributed by atoms with van der Waals surface area (Å²) in [6.45, 7) is 2.57. The largest absolute Gasteiger partial charge is 0.457 e. The number of carbonyl (C=O) groups is 1. The third-order valence-electron chi connectivity index (χ3n) is 4.10. The Hall–Kier alpha value is -2.12. The molecular weight excluding hydrogens is 368 g/mol. The third kappa shape index (κ3) is 6.52. The molecule has 0 radical (unpaired) electrons. The molecule has 6 nitrogen and oxygen atoms in total. The highest BCUT2D eigenvalue weighted by atomic mass is 35.5. The summed E-state index contributed by atoms with van der Waals surface area (Å²) in [5.41, 5.74) is 1.92. The molecule has 2 aromatic rings. The standard InChI is InChI=1S/C20H24N2O4.ClH/c1-24-12-10-15-2-6-17(7-3-15)26-18-8-4-16(5-9-18)22-20(23)19-14-21-11-13-25-19;/h2-9,19,21H,10-14H2,1H3,(H,22,23);1H. The lowest BCUT2D eigenvalue weighted by Crippen LogP contribution is -2.45. The maximum atomic E-state index is 12.1. The minimum Gasteiger partial charge on any atom is -0.457 e. The summed E-state index contributed by atoms with van der Waals surface area (Å²) in [6, 6.07) is 15.2. The molecule has 1 amide bonds. The molecule has 1 heterocycles. The van der Waals surface area contributed by atoms with Crippen molar-refractivity contribution in [2.75, 3.05) is 38.7 Å². The maximum Gasteiger partial charge on any atom is 0.254 e. The van der Waals surface area contributed by atoms with Crippen molar-refractivity contribution in [2.45, 2.75) is 12.5 Å². The van der Waals surface area contributed by atoms with Gasteiger partial charge >= 0.3 is 0 Å². The normalized spacial score (nSPS) is 16.3. The summed E-state index contributed by atoms with van der Waals surface area (Å²) in [6.07, 6.45) is 0.432. The van der Waals surface area contributed by atoms with Gasteiger partial charge in [0, 0.05) is 25.9 Å². The fourth-order valence-corrected chi connectivity index (χ4v) is 2.64. The Morgan fingerprint density at radius 2 is 1.81 bits per heavy atom. The molecule has 0 spiro atoms. The summed E-state index contributed by atoms with van der Waals surface area (Å²) < 4.78 is 16.4. The predicted octanol–water partition coefficient (Wildman–Crippen LogP) is 3.02. The zero-order chi connectivity index (χ0) is 18.2. The maximum absolute atomic E-state index is 12.1. The van der Waals surface area contributed by atoms with Crippen molar-refractivity contribution in [3.05, 3.63) is 54.1 Å². The van der Waals surface area contributed by atoms with Crippen molar-refractivity contribution < 1.29 is 19.0 Å². The Morgan fingerprint density at radius 1 is 1.15 bits per heavy atom. The van der Waals surface area contributed by atoms with Gasteiger partial charge in [-0.3, -0.25) is 4.79 Å². The van der Waals surface area contributed by atoms with Crippen LogP contribution in [0.25, 0.3) is 0 Å². The van der Waals surface area contributed by atoms with Crippen LogP contribution in [-0.4, -0.2) is 45.4 Å². The van der Waals surface area contributed by atoms with Gasteiger partial charge in [-0.15, -0.1) is 12.4 Å². The van der Waals surface area contributed by atoms with E-state index in [9.17, 15) is 4.79 Å². The highest BCUT2D eigenvalue weighted by molar-refractivity contribution is 5.94. The molecule has 0 aliphatic carbocycles. The van der Waals surface area contributed by atoms with Crippen molar-refractivity contribution in [3.8, 4) is 11.5 Å². The van der Waals surface area contributed by atoms with E-state index >= 15 is 0 Å². The first kappa shape index (κ1) is 21.2. The van der Waals surface area contributed by atoms with Crippen LogP contribution in [0.15, 0.2) is 48.5 Å². The van der Waals surface area contributed by atoms with Gasteiger partial charge in [-0.25, -0.2) is 0 Å². The van der Waals surface area contributed by atoms with Gasteiger partial charge in [0.15, 0.2) is 0 Å². The number of nitrogens with one attached hydrogen (secondary N) is 2. The smallest absolute Gasteiger partial charge is 0.254 e. The number of morpholine rings is 1. The fraction of sp³-hybridized carbons (Fsp3) is 0.350. The number of rotatable bonds is 7. The van der Waals surface area contributed by atoms with Crippen molar-refractivity contribution in [1.82, 2.24) is 5.32 Å². The van der Waals surface area contributed by atoms with Crippen molar-refractivity contribution >= 4 is 24.0 Å². The fourth-order valence-electron chi connectivity index (χ4n) is 2.64. The third-order valence-corrected chi connectivity index (χ3v) is 4.10. The first-order valence-corrected chi connectivity index (χ1v) is 8.73. The van der Waals surface area contributed by atoms with Crippen LogP contribution in [0, 0.1) is 0 Å². The molecule has 1 aliphatic heterocycles. The monoisotopic (exact) mass is 392 g/mol. The molecule has 2 aromatic carbocycles. The van der Waals surface area contributed by atoms with Crippen molar-refractivity contribution in [3.63, 3.8) is 0 Å². The van der Waals surface area contributed by atoms with E-state index in [0.29, 0.717) is 31.2 Å². The van der Waals surface area contributed by atoms with E-state index in [0.717, 1.165) is 18.7 Å². The number of methoxy groups -OCH3 is 1. The Labute approximate surface area is 165 Å². The minimum atomic E-state index is -0.448. The van der Waals surface area contributed by atoms with E-state index in [1.165, 1.54) is 5.56 Å². The van der Waals surface area contributed by atoms with Gasteiger partial charge < -0.3 is 24.8 Å². The van der Waals surface area contributed by atoms with Crippen LogP contribution < -0.4 is 15.4 Å². The van der Waals surface area contributed by atoms with Gasteiger partial charge in [0.05, 0.1) is 13.2 Å². The lowest BCUT2D eigenvalue weighted by atomic mass is 10.1. The topological polar surface area (TPSA) is 68.8 Å². The minimum absolute atomic E-state index is 0. The average Bonchev–Trinajstić information content (AvgIpc) is 2.69. The SMILES string of the molecule is COCCc1ccc(Oc2ccc(NC(=O)C3CNCCO3)cc2)cc1.Cl. The number of benzene rings is 2. The molecule has 0 aromatic heterocycles. The number of hydrogen-bond acceptors (Lipinski definition) is 5. The molecule has 27 heavy (non-hydrogen) atoms. The van der Waals surface area contributed by atoms with E-state index in [1.807, 2.05) is 48.5 Å². The van der Waals surface area contributed by atoms with Gasteiger partial charge in [-0.05, 0) is 48.4 Å². The molecule has 146 valence electrons. The summed E-state index contributed by atoms with van der Waals surface area (Å²) >= 11 is 0. The van der Waals surface area contributed by atoms with E-state index in [2.05, 4.69) is 10.6 Å². The number of hydrogen-bond donors (Lipinski definition) is 2. The van der Waals surface area contributed by atoms with E-state index in [-0.39, 0.29) is 18.3 Å². The highest BCUT2D eigenvalue weighted by Crippen LogP contribution is 2.23. The molecule has 7 heteroatoms. The van der Waals surface area contributed by atoms with Crippen LogP contribution in [0.1, 0.15) is 5.56 Å².